The molecule has 1 aromatic heterocycles. The van der Waals surface area contributed by atoms with Crippen LogP contribution in [0.4, 0.5) is 5.88 Å². The van der Waals surface area contributed by atoms with Gasteiger partial charge in [0.25, 0.3) is 0 Å². The van der Waals surface area contributed by atoms with Crippen LogP contribution in [-0.2, 0) is 0 Å². The molecular weight excluding hydrogens is 290 g/mol. The quantitative estimate of drug-likeness (QED) is 0.864. The van der Waals surface area contributed by atoms with Gasteiger partial charge in [0, 0.05) is 18.7 Å². The predicted molar refractivity (Wildman–Crippen MR) is 88.4 cm³/mol. The Bertz CT molecular complexity index is 705. The second-order valence-corrected chi connectivity index (χ2v) is 6.36. The van der Waals surface area contributed by atoms with Gasteiger partial charge in [0.15, 0.2) is 0 Å². The van der Waals surface area contributed by atoms with E-state index in [9.17, 15) is 5.26 Å². The Balaban J connectivity index is 1.92. The van der Waals surface area contributed by atoms with Crippen molar-refractivity contribution in [3.05, 3.63) is 30.0 Å². The van der Waals surface area contributed by atoms with Crippen molar-refractivity contribution in [1.82, 2.24) is 4.98 Å². The lowest BCUT2D eigenvalue weighted by atomic mass is 9.92. The monoisotopic (exact) mass is 311 g/mol. The maximum Gasteiger partial charge on any atom is 0.235 e. The van der Waals surface area contributed by atoms with Gasteiger partial charge in [0.05, 0.1) is 7.11 Å². The average Bonchev–Trinajstić information content (AvgIpc) is 2.98. The molecule has 1 aliphatic rings. The summed E-state index contributed by atoms with van der Waals surface area (Å²) in [6, 6.07) is 9.65. The van der Waals surface area contributed by atoms with Crippen LogP contribution in [0, 0.1) is 23.2 Å². The van der Waals surface area contributed by atoms with Gasteiger partial charge in [-0.1, -0.05) is 13.8 Å². The fourth-order valence-electron chi connectivity index (χ4n) is 3.29. The van der Waals surface area contributed by atoms with Crippen molar-refractivity contribution in [2.75, 3.05) is 25.1 Å². The lowest BCUT2D eigenvalue weighted by Gasteiger charge is -2.34. The Hall–Kier alpha value is -2.48. The third-order valence-corrected chi connectivity index (χ3v) is 4.21. The van der Waals surface area contributed by atoms with Crippen LogP contribution in [0.1, 0.15) is 26.0 Å². The number of nitrogens with zero attached hydrogens (tertiary/aromatic N) is 3. The van der Waals surface area contributed by atoms with E-state index in [0.29, 0.717) is 29.3 Å². The van der Waals surface area contributed by atoms with Gasteiger partial charge < -0.3 is 14.1 Å². The average molecular weight is 311 g/mol. The van der Waals surface area contributed by atoms with Crippen LogP contribution in [0.25, 0.3) is 11.5 Å². The van der Waals surface area contributed by atoms with Crippen molar-refractivity contribution < 1.29 is 9.15 Å². The van der Waals surface area contributed by atoms with Gasteiger partial charge in [-0.05, 0) is 42.5 Å². The molecule has 2 atom stereocenters. The molecule has 3 rings (SSSR count). The lowest BCUT2D eigenvalue weighted by molar-refractivity contribution is 0.344. The highest BCUT2D eigenvalue weighted by molar-refractivity contribution is 5.60. The number of hydrogen-bond donors (Lipinski definition) is 0. The summed E-state index contributed by atoms with van der Waals surface area (Å²) in [5.41, 5.74) is 1.20. The third kappa shape index (κ3) is 3.16. The Morgan fingerprint density at radius 3 is 2.43 bits per heavy atom. The van der Waals surface area contributed by atoms with E-state index in [1.807, 2.05) is 24.3 Å². The maximum absolute atomic E-state index is 9.40. The molecule has 0 amide bonds. The molecule has 2 aromatic rings. The van der Waals surface area contributed by atoms with Gasteiger partial charge >= 0.3 is 0 Å². The molecule has 1 fully saturated rings. The number of oxazole rings is 1. The Morgan fingerprint density at radius 1 is 1.22 bits per heavy atom. The van der Waals surface area contributed by atoms with E-state index in [2.05, 4.69) is 29.8 Å². The number of aromatic nitrogens is 1. The number of anilines is 1. The molecule has 0 bridgehead atoms. The highest BCUT2D eigenvalue weighted by atomic mass is 16.5. The number of piperidine rings is 1. The second kappa shape index (κ2) is 6.33. The van der Waals surface area contributed by atoms with Gasteiger partial charge in [-0.2, -0.15) is 10.2 Å². The summed E-state index contributed by atoms with van der Waals surface area (Å²) in [6.07, 6.45) is 1.21. The van der Waals surface area contributed by atoms with Crippen molar-refractivity contribution >= 4 is 5.88 Å². The third-order valence-electron chi connectivity index (χ3n) is 4.21. The van der Waals surface area contributed by atoms with E-state index in [0.717, 1.165) is 24.4 Å². The van der Waals surface area contributed by atoms with E-state index in [1.165, 1.54) is 6.42 Å². The molecule has 1 aliphatic heterocycles. The highest BCUT2D eigenvalue weighted by Gasteiger charge is 2.27. The molecule has 5 nitrogen and oxygen atoms in total. The SMILES string of the molecule is COc1ccc(-c2nc(C#N)c(N3C[C@H](C)C[C@@H](C)C3)o2)cc1. The fourth-order valence-corrected chi connectivity index (χ4v) is 3.29. The number of ether oxygens (including phenoxy) is 1. The summed E-state index contributed by atoms with van der Waals surface area (Å²) in [7, 11) is 1.63. The molecule has 2 heterocycles. The molecule has 0 unspecified atom stereocenters. The summed E-state index contributed by atoms with van der Waals surface area (Å²) >= 11 is 0. The maximum atomic E-state index is 9.40. The first-order valence-corrected chi connectivity index (χ1v) is 7.91. The van der Waals surface area contributed by atoms with E-state index < -0.39 is 0 Å². The Kier molecular flexibility index (Phi) is 4.24. The zero-order chi connectivity index (χ0) is 16.4. The van der Waals surface area contributed by atoms with Crippen molar-refractivity contribution in [3.8, 4) is 23.3 Å². The smallest absolute Gasteiger partial charge is 0.235 e. The highest BCUT2D eigenvalue weighted by Crippen LogP contribution is 2.32. The molecule has 1 saturated heterocycles. The first-order chi connectivity index (χ1) is 11.1. The molecule has 120 valence electrons. The standard InChI is InChI=1S/C18H21N3O2/c1-12-8-13(2)11-21(10-12)18-16(9-19)20-17(23-18)14-4-6-15(22-3)7-5-14/h4-7,12-13H,8,10-11H2,1-3H3/t12-,13-/m1/s1. The summed E-state index contributed by atoms with van der Waals surface area (Å²) in [5, 5.41) is 9.40. The lowest BCUT2D eigenvalue weighted by Crippen LogP contribution is -2.38. The number of nitriles is 1. The van der Waals surface area contributed by atoms with Crippen molar-refractivity contribution in [2.45, 2.75) is 20.3 Å². The normalized spacial score (nSPS) is 21.0. The summed E-state index contributed by atoms with van der Waals surface area (Å²) in [4.78, 5) is 6.52. The van der Waals surface area contributed by atoms with Crippen LogP contribution in [-0.4, -0.2) is 25.2 Å². The first kappa shape index (κ1) is 15.4. The van der Waals surface area contributed by atoms with Crippen LogP contribution in [0.15, 0.2) is 28.7 Å². The minimum Gasteiger partial charge on any atom is -0.497 e. The topological polar surface area (TPSA) is 62.3 Å². The van der Waals surface area contributed by atoms with Crippen LogP contribution in [0.5, 0.6) is 5.75 Å². The van der Waals surface area contributed by atoms with Crippen molar-refractivity contribution in [1.29, 1.82) is 5.26 Å². The number of methoxy groups -OCH3 is 1. The number of hydrogen-bond acceptors (Lipinski definition) is 5. The zero-order valence-corrected chi connectivity index (χ0v) is 13.7. The van der Waals surface area contributed by atoms with Crippen LogP contribution in [0.3, 0.4) is 0 Å². The van der Waals surface area contributed by atoms with Gasteiger partial charge in [-0.3, -0.25) is 0 Å². The van der Waals surface area contributed by atoms with Gasteiger partial charge in [0.2, 0.25) is 17.5 Å². The minimum absolute atomic E-state index is 0.358. The van der Waals surface area contributed by atoms with Gasteiger partial charge in [0.1, 0.15) is 11.8 Å². The molecule has 1 aromatic carbocycles. The van der Waals surface area contributed by atoms with Crippen molar-refractivity contribution in [3.63, 3.8) is 0 Å². The van der Waals surface area contributed by atoms with E-state index in [4.69, 9.17) is 9.15 Å². The fraction of sp³-hybridized carbons (Fsp3) is 0.444. The number of benzene rings is 1. The molecular formula is C18H21N3O2. The van der Waals surface area contributed by atoms with E-state index >= 15 is 0 Å². The van der Waals surface area contributed by atoms with Crippen LogP contribution < -0.4 is 9.64 Å². The molecule has 5 heteroatoms. The van der Waals surface area contributed by atoms with E-state index in [1.54, 1.807) is 7.11 Å². The van der Waals surface area contributed by atoms with Gasteiger partial charge in [-0.25, -0.2) is 0 Å². The molecule has 0 saturated carbocycles. The van der Waals surface area contributed by atoms with Crippen molar-refractivity contribution in [2.24, 2.45) is 11.8 Å². The van der Waals surface area contributed by atoms with Crippen LogP contribution >= 0.6 is 0 Å². The molecule has 0 radical (unpaired) electrons. The summed E-state index contributed by atoms with van der Waals surface area (Å²) in [5.74, 6) is 3.01. The molecule has 0 N–H and O–H groups in total. The summed E-state index contributed by atoms with van der Waals surface area (Å²) in [6.45, 7) is 6.26. The van der Waals surface area contributed by atoms with Gasteiger partial charge in [-0.15, -0.1) is 0 Å². The Morgan fingerprint density at radius 2 is 1.87 bits per heavy atom. The largest absolute Gasteiger partial charge is 0.497 e. The second-order valence-electron chi connectivity index (χ2n) is 6.36. The number of rotatable bonds is 3. The Labute approximate surface area is 136 Å². The first-order valence-electron chi connectivity index (χ1n) is 7.91. The molecule has 0 spiro atoms. The minimum atomic E-state index is 0.358. The van der Waals surface area contributed by atoms with E-state index in [-0.39, 0.29) is 0 Å². The zero-order valence-electron chi connectivity index (χ0n) is 13.7. The molecule has 23 heavy (non-hydrogen) atoms. The molecule has 0 aliphatic carbocycles. The van der Waals surface area contributed by atoms with Crippen LogP contribution in [0.2, 0.25) is 0 Å². The predicted octanol–water partition coefficient (Wildman–Crippen LogP) is 3.70. The summed E-state index contributed by atoms with van der Waals surface area (Å²) < 4.78 is 11.1.